The summed E-state index contributed by atoms with van der Waals surface area (Å²) in [6.07, 6.45) is 4.31. The molecule has 0 aliphatic rings. The van der Waals surface area contributed by atoms with Crippen LogP contribution in [0.1, 0.15) is 20.9 Å². The highest BCUT2D eigenvalue weighted by molar-refractivity contribution is 7.11. The smallest absolute Gasteiger partial charge is 0.328 e. The molecule has 0 aliphatic carbocycles. The zero-order valence-electron chi connectivity index (χ0n) is 10.7. The molecule has 20 heavy (non-hydrogen) atoms. The molecule has 2 aromatic rings. The molecular formula is C13H13N3O3S. The van der Waals surface area contributed by atoms with Gasteiger partial charge in [-0.3, -0.25) is 9.48 Å². The fourth-order valence-corrected chi connectivity index (χ4v) is 2.32. The third-order valence-electron chi connectivity index (χ3n) is 2.47. The maximum absolute atomic E-state index is 11.9. The van der Waals surface area contributed by atoms with Crippen molar-refractivity contribution in [3.8, 4) is 0 Å². The number of aliphatic carboxylic acids is 1. The predicted molar refractivity (Wildman–Crippen MR) is 75.4 cm³/mol. The second-order valence-electron chi connectivity index (χ2n) is 4.07. The molecule has 0 radical (unpaired) electrons. The van der Waals surface area contributed by atoms with Crippen LogP contribution < -0.4 is 5.32 Å². The third kappa shape index (κ3) is 3.79. The van der Waals surface area contributed by atoms with E-state index in [9.17, 15) is 9.59 Å². The Morgan fingerprint density at radius 3 is 3.00 bits per heavy atom. The van der Waals surface area contributed by atoms with Crippen LogP contribution in [-0.4, -0.2) is 26.8 Å². The van der Waals surface area contributed by atoms with Gasteiger partial charge < -0.3 is 10.4 Å². The van der Waals surface area contributed by atoms with Gasteiger partial charge in [0.2, 0.25) is 0 Å². The quantitative estimate of drug-likeness (QED) is 0.818. The van der Waals surface area contributed by atoms with Crippen molar-refractivity contribution in [3.63, 3.8) is 0 Å². The fraction of sp³-hybridized carbons (Fsp3) is 0.154. The molecule has 2 aromatic heterocycles. The van der Waals surface area contributed by atoms with Crippen molar-refractivity contribution in [3.05, 3.63) is 45.9 Å². The third-order valence-corrected chi connectivity index (χ3v) is 3.37. The van der Waals surface area contributed by atoms with Gasteiger partial charge >= 0.3 is 5.97 Å². The predicted octanol–water partition coefficient (Wildman–Crippen LogP) is 1.51. The number of carbonyl (C=O) groups is 2. The first kappa shape index (κ1) is 14.0. The summed E-state index contributed by atoms with van der Waals surface area (Å²) in [5, 5.41) is 17.1. The highest BCUT2D eigenvalue weighted by Crippen LogP contribution is 2.16. The second kappa shape index (κ2) is 6.16. The van der Waals surface area contributed by atoms with Gasteiger partial charge in [-0.05, 0) is 18.2 Å². The number of carboxylic acid groups (broad SMARTS) is 1. The summed E-state index contributed by atoms with van der Waals surface area (Å²) in [5.41, 5.74) is 1.29. The SMILES string of the molecule is Cn1ccc(CNC(=O)c2csc(/C=C/C(=O)O)c2)n1. The molecule has 0 aliphatic heterocycles. The van der Waals surface area contributed by atoms with Gasteiger partial charge in [-0.1, -0.05) is 0 Å². The topological polar surface area (TPSA) is 84.2 Å². The van der Waals surface area contributed by atoms with E-state index in [1.54, 1.807) is 22.3 Å². The molecule has 2 N–H and O–H groups in total. The van der Waals surface area contributed by atoms with Gasteiger partial charge in [-0.25, -0.2) is 4.79 Å². The maximum atomic E-state index is 11.9. The van der Waals surface area contributed by atoms with Gasteiger partial charge in [0.25, 0.3) is 5.91 Å². The van der Waals surface area contributed by atoms with E-state index < -0.39 is 5.97 Å². The molecule has 0 unspecified atom stereocenters. The Labute approximate surface area is 119 Å². The Bertz CT molecular complexity index is 657. The van der Waals surface area contributed by atoms with Crippen LogP contribution >= 0.6 is 11.3 Å². The van der Waals surface area contributed by atoms with Gasteiger partial charge in [0.05, 0.1) is 17.8 Å². The monoisotopic (exact) mass is 291 g/mol. The van der Waals surface area contributed by atoms with Crippen molar-refractivity contribution >= 4 is 29.3 Å². The van der Waals surface area contributed by atoms with E-state index >= 15 is 0 Å². The number of aromatic nitrogens is 2. The van der Waals surface area contributed by atoms with Crippen LogP contribution in [0.25, 0.3) is 6.08 Å². The average molecular weight is 291 g/mol. The molecule has 0 aromatic carbocycles. The summed E-state index contributed by atoms with van der Waals surface area (Å²) in [4.78, 5) is 23.0. The largest absolute Gasteiger partial charge is 0.478 e. The van der Waals surface area contributed by atoms with Crippen LogP contribution in [0.2, 0.25) is 0 Å². The number of amides is 1. The van der Waals surface area contributed by atoms with Crippen molar-refractivity contribution < 1.29 is 14.7 Å². The van der Waals surface area contributed by atoms with Crippen LogP contribution in [0.3, 0.4) is 0 Å². The van der Waals surface area contributed by atoms with E-state index in [0.29, 0.717) is 12.1 Å². The molecule has 0 saturated carbocycles. The summed E-state index contributed by atoms with van der Waals surface area (Å²) in [7, 11) is 1.81. The van der Waals surface area contributed by atoms with Gasteiger partial charge in [-0.2, -0.15) is 5.10 Å². The molecule has 0 bridgehead atoms. The second-order valence-corrected chi connectivity index (χ2v) is 5.02. The summed E-state index contributed by atoms with van der Waals surface area (Å²) in [6.45, 7) is 0.357. The molecule has 1 amide bonds. The van der Waals surface area contributed by atoms with Crippen LogP contribution in [0.15, 0.2) is 29.8 Å². The molecule has 7 heteroatoms. The molecule has 2 rings (SSSR count). The van der Waals surface area contributed by atoms with E-state index in [2.05, 4.69) is 10.4 Å². The van der Waals surface area contributed by atoms with Crippen molar-refractivity contribution in [1.82, 2.24) is 15.1 Å². The van der Waals surface area contributed by atoms with E-state index in [1.165, 1.54) is 17.4 Å². The lowest BCUT2D eigenvalue weighted by atomic mass is 10.2. The lowest BCUT2D eigenvalue weighted by Crippen LogP contribution is -2.22. The minimum absolute atomic E-state index is 0.207. The number of hydrogen-bond acceptors (Lipinski definition) is 4. The molecule has 6 nitrogen and oxygen atoms in total. The first-order valence-electron chi connectivity index (χ1n) is 5.81. The number of thiophene rings is 1. The van der Waals surface area contributed by atoms with Crippen molar-refractivity contribution in [2.75, 3.05) is 0 Å². The van der Waals surface area contributed by atoms with Crippen LogP contribution in [0.5, 0.6) is 0 Å². The fourth-order valence-electron chi connectivity index (χ4n) is 1.54. The minimum atomic E-state index is -1.01. The number of nitrogens with one attached hydrogen (secondary N) is 1. The number of aryl methyl sites for hydroxylation is 1. The van der Waals surface area contributed by atoms with Gasteiger partial charge in [0, 0.05) is 29.6 Å². The van der Waals surface area contributed by atoms with Crippen LogP contribution in [0, 0.1) is 0 Å². The number of carboxylic acids is 1. The highest BCUT2D eigenvalue weighted by atomic mass is 32.1. The number of carbonyl (C=O) groups excluding carboxylic acids is 1. The molecular weight excluding hydrogens is 278 g/mol. The Morgan fingerprint density at radius 1 is 1.55 bits per heavy atom. The summed E-state index contributed by atoms with van der Waals surface area (Å²) in [6, 6.07) is 3.48. The standard InChI is InChI=1S/C13H13N3O3S/c1-16-5-4-10(15-16)7-14-13(19)9-6-11(20-8-9)2-3-12(17)18/h2-6,8H,7H2,1H3,(H,14,19)(H,17,18)/b3-2+. The normalized spacial score (nSPS) is 10.8. The van der Waals surface area contributed by atoms with Crippen LogP contribution in [-0.2, 0) is 18.4 Å². The minimum Gasteiger partial charge on any atom is -0.478 e. The van der Waals surface area contributed by atoms with Crippen LogP contribution in [0.4, 0.5) is 0 Å². The van der Waals surface area contributed by atoms with Crippen molar-refractivity contribution in [1.29, 1.82) is 0 Å². The number of hydrogen-bond donors (Lipinski definition) is 2. The highest BCUT2D eigenvalue weighted by Gasteiger charge is 2.08. The van der Waals surface area contributed by atoms with E-state index in [1.807, 2.05) is 13.1 Å². The molecule has 0 atom stereocenters. The van der Waals surface area contributed by atoms with Gasteiger partial charge in [0.15, 0.2) is 0 Å². The number of nitrogens with zero attached hydrogens (tertiary/aromatic N) is 2. The molecule has 0 fully saturated rings. The Balaban J connectivity index is 1.94. The zero-order valence-corrected chi connectivity index (χ0v) is 11.6. The number of rotatable bonds is 5. The van der Waals surface area contributed by atoms with E-state index in [-0.39, 0.29) is 5.91 Å². The van der Waals surface area contributed by atoms with Gasteiger partial charge in [0.1, 0.15) is 0 Å². The molecule has 0 saturated heterocycles. The average Bonchev–Trinajstić information content (AvgIpc) is 3.02. The Kier molecular flexibility index (Phi) is 4.31. The first-order valence-corrected chi connectivity index (χ1v) is 6.69. The maximum Gasteiger partial charge on any atom is 0.328 e. The lowest BCUT2D eigenvalue weighted by Gasteiger charge is -2.00. The summed E-state index contributed by atoms with van der Waals surface area (Å²) in [5.74, 6) is -1.22. The van der Waals surface area contributed by atoms with E-state index in [4.69, 9.17) is 5.11 Å². The molecule has 0 spiro atoms. The zero-order chi connectivity index (χ0) is 14.5. The van der Waals surface area contributed by atoms with Crippen molar-refractivity contribution in [2.45, 2.75) is 6.54 Å². The Hall–Kier alpha value is -2.41. The first-order chi connectivity index (χ1) is 9.54. The molecule has 2 heterocycles. The van der Waals surface area contributed by atoms with Gasteiger partial charge in [-0.15, -0.1) is 11.3 Å². The molecule has 104 valence electrons. The summed E-state index contributed by atoms with van der Waals surface area (Å²) >= 11 is 1.31. The lowest BCUT2D eigenvalue weighted by molar-refractivity contribution is -0.131. The summed E-state index contributed by atoms with van der Waals surface area (Å²) < 4.78 is 1.67. The van der Waals surface area contributed by atoms with Crippen molar-refractivity contribution in [2.24, 2.45) is 7.05 Å². The van der Waals surface area contributed by atoms with E-state index in [0.717, 1.165) is 16.6 Å². The Morgan fingerprint density at radius 2 is 2.35 bits per heavy atom.